The van der Waals surface area contributed by atoms with Crippen molar-refractivity contribution in [3.8, 4) is 5.75 Å². The van der Waals surface area contributed by atoms with Crippen LogP contribution in [0.2, 0.25) is 5.02 Å². The monoisotopic (exact) mass is 430 g/mol. The summed E-state index contributed by atoms with van der Waals surface area (Å²) in [6.45, 7) is 1.46. The lowest BCUT2D eigenvalue weighted by molar-refractivity contribution is -0.138. The van der Waals surface area contributed by atoms with E-state index in [-0.39, 0.29) is 22.4 Å². The molecule has 0 radical (unpaired) electrons. The molecular formula is C20H19ClF4N2O2. The fourth-order valence-electron chi connectivity index (χ4n) is 3.17. The third-order valence-electron chi connectivity index (χ3n) is 4.69. The second kappa shape index (κ2) is 8.59. The summed E-state index contributed by atoms with van der Waals surface area (Å²) in [4.78, 5) is 14.5. The lowest BCUT2D eigenvalue weighted by Crippen LogP contribution is -2.36. The highest BCUT2D eigenvalue weighted by Gasteiger charge is 2.38. The average Bonchev–Trinajstić information content (AvgIpc) is 2.62. The van der Waals surface area contributed by atoms with Crippen molar-refractivity contribution in [3.05, 3.63) is 58.4 Å². The number of piperidine rings is 1. The fourth-order valence-corrected chi connectivity index (χ4v) is 3.42. The third kappa shape index (κ3) is 5.19. The minimum Gasteiger partial charge on any atom is -0.490 e. The topological polar surface area (TPSA) is 41.6 Å². The van der Waals surface area contributed by atoms with Gasteiger partial charge in [0, 0.05) is 13.1 Å². The largest absolute Gasteiger partial charge is 0.490 e. The SMILES string of the molecule is CN1CCC(Oc2cccc(NC(=O)c3ccc(F)cc3Cl)c2C(F)(F)F)CC1. The zero-order valence-electron chi connectivity index (χ0n) is 15.5. The van der Waals surface area contributed by atoms with E-state index in [0.29, 0.717) is 12.8 Å². The number of anilines is 1. The van der Waals surface area contributed by atoms with Gasteiger partial charge in [-0.15, -0.1) is 0 Å². The van der Waals surface area contributed by atoms with Crippen molar-refractivity contribution in [1.29, 1.82) is 0 Å². The summed E-state index contributed by atoms with van der Waals surface area (Å²) < 4.78 is 60.2. The smallest absolute Gasteiger partial charge is 0.421 e. The molecule has 1 fully saturated rings. The number of hydrogen-bond donors (Lipinski definition) is 1. The Morgan fingerprint density at radius 1 is 1.21 bits per heavy atom. The molecule has 29 heavy (non-hydrogen) atoms. The first-order valence-corrected chi connectivity index (χ1v) is 9.35. The van der Waals surface area contributed by atoms with E-state index >= 15 is 0 Å². The molecule has 3 rings (SSSR count). The second-order valence-corrected chi connectivity index (χ2v) is 7.28. The molecule has 0 spiro atoms. The fraction of sp³-hybridized carbons (Fsp3) is 0.350. The van der Waals surface area contributed by atoms with Gasteiger partial charge in [0.15, 0.2) is 0 Å². The molecule has 1 aliphatic heterocycles. The van der Waals surface area contributed by atoms with Crippen molar-refractivity contribution in [2.24, 2.45) is 0 Å². The van der Waals surface area contributed by atoms with Crippen LogP contribution in [0.4, 0.5) is 23.2 Å². The van der Waals surface area contributed by atoms with E-state index in [4.69, 9.17) is 16.3 Å². The van der Waals surface area contributed by atoms with Crippen molar-refractivity contribution in [3.63, 3.8) is 0 Å². The molecule has 0 unspecified atom stereocenters. The first-order chi connectivity index (χ1) is 13.6. The quantitative estimate of drug-likeness (QED) is 0.676. The Hall–Kier alpha value is -2.32. The molecule has 0 saturated carbocycles. The van der Waals surface area contributed by atoms with Crippen LogP contribution in [0.25, 0.3) is 0 Å². The van der Waals surface area contributed by atoms with Crippen LogP contribution in [0.1, 0.15) is 28.8 Å². The number of amides is 1. The van der Waals surface area contributed by atoms with Gasteiger partial charge in [-0.2, -0.15) is 13.2 Å². The number of hydrogen-bond acceptors (Lipinski definition) is 3. The number of carbonyl (C=O) groups excluding carboxylic acids is 1. The molecule has 2 aromatic rings. The number of alkyl halides is 3. The van der Waals surface area contributed by atoms with Crippen LogP contribution in [0.3, 0.4) is 0 Å². The van der Waals surface area contributed by atoms with Crippen LogP contribution in [-0.4, -0.2) is 37.0 Å². The molecule has 0 atom stereocenters. The highest BCUT2D eigenvalue weighted by Crippen LogP contribution is 2.42. The van der Waals surface area contributed by atoms with Crippen LogP contribution < -0.4 is 10.1 Å². The maximum Gasteiger partial charge on any atom is 0.421 e. The standard InChI is InChI=1S/C20H19ClF4N2O2/c1-27-9-7-13(8-10-27)29-17-4-2-3-16(18(17)20(23,24)25)26-19(28)14-6-5-12(22)11-15(14)21/h2-6,11,13H,7-10H2,1H3,(H,26,28). The van der Waals surface area contributed by atoms with Crippen LogP contribution >= 0.6 is 11.6 Å². The van der Waals surface area contributed by atoms with Crippen molar-refractivity contribution >= 4 is 23.2 Å². The van der Waals surface area contributed by atoms with Crippen molar-refractivity contribution in [2.45, 2.75) is 25.1 Å². The summed E-state index contributed by atoms with van der Waals surface area (Å²) in [6, 6.07) is 6.79. The van der Waals surface area contributed by atoms with Crippen LogP contribution in [0.5, 0.6) is 5.75 Å². The molecule has 4 nitrogen and oxygen atoms in total. The van der Waals surface area contributed by atoms with E-state index in [0.717, 1.165) is 37.4 Å². The molecule has 156 valence electrons. The second-order valence-electron chi connectivity index (χ2n) is 6.88. The number of rotatable bonds is 4. The van der Waals surface area contributed by atoms with Crippen molar-refractivity contribution in [2.75, 3.05) is 25.5 Å². The molecule has 1 saturated heterocycles. The van der Waals surface area contributed by atoms with Crippen molar-refractivity contribution in [1.82, 2.24) is 4.90 Å². The van der Waals surface area contributed by atoms with Gasteiger partial charge in [0.2, 0.25) is 0 Å². The van der Waals surface area contributed by atoms with E-state index < -0.39 is 29.2 Å². The van der Waals surface area contributed by atoms with Gasteiger partial charge in [-0.3, -0.25) is 4.79 Å². The highest BCUT2D eigenvalue weighted by atomic mass is 35.5. The van der Waals surface area contributed by atoms with Crippen LogP contribution in [0.15, 0.2) is 36.4 Å². The van der Waals surface area contributed by atoms with Crippen molar-refractivity contribution < 1.29 is 27.1 Å². The van der Waals surface area contributed by atoms with E-state index in [2.05, 4.69) is 10.2 Å². The molecule has 2 aromatic carbocycles. The maximum absolute atomic E-state index is 13.8. The minimum atomic E-state index is -4.75. The van der Waals surface area contributed by atoms with E-state index in [1.807, 2.05) is 7.05 Å². The predicted octanol–water partition coefficient (Wildman–Crippen LogP) is 5.22. The predicted molar refractivity (Wildman–Crippen MR) is 102 cm³/mol. The zero-order valence-corrected chi connectivity index (χ0v) is 16.3. The minimum absolute atomic E-state index is 0.136. The van der Waals surface area contributed by atoms with Gasteiger partial charge in [-0.05, 0) is 50.2 Å². The van der Waals surface area contributed by atoms with E-state index in [1.54, 1.807) is 0 Å². The van der Waals surface area contributed by atoms with Crippen LogP contribution in [-0.2, 0) is 6.18 Å². The number of carbonyl (C=O) groups is 1. The average molecular weight is 431 g/mol. The number of halogens is 5. The number of ether oxygens (including phenoxy) is 1. The Kier molecular flexibility index (Phi) is 6.33. The Balaban J connectivity index is 1.89. The number of nitrogens with one attached hydrogen (secondary N) is 1. The van der Waals surface area contributed by atoms with Gasteiger partial charge in [-0.1, -0.05) is 17.7 Å². The van der Waals surface area contributed by atoms with Gasteiger partial charge in [0.05, 0.1) is 16.3 Å². The molecule has 0 bridgehead atoms. The lowest BCUT2D eigenvalue weighted by Gasteiger charge is -2.30. The Morgan fingerprint density at radius 2 is 1.90 bits per heavy atom. The highest BCUT2D eigenvalue weighted by molar-refractivity contribution is 6.34. The van der Waals surface area contributed by atoms with Gasteiger partial charge < -0.3 is 15.0 Å². The number of nitrogens with zero attached hydrogens (tertiary/aromatic N) is 1. The summed E-state index contributed by atoms with van der Waals surface area (Å²) in [6.07, 6.45) is -3.88. The summed E-state index contributed by atoms with van der Waals surface area (Å²) >= 11 is 5.84. The van der Waals surface area contributed by atoms with Gasteiger partial charge >= 0.3 is 6.18 Å². The van der Waals surface area contributed by atoms with Gasteiger partial charge in [0.1, 0.15) is 23.2 Å². The lowest BCUT2D eigenvalue weighted by atomic mass is 10.1. The first-order valence-electron chi connectivity index (χ1n) is 8.97. The molecule has 1 aliphatic rings. The summed E-state index contributed by atoms with van der Waals surface area (Å²) in [5, 5.41) is 2.03. The summed E-state index contributed by atoms with van der Waals surface area (Å²) in [5.74, 6) is -1.87. The zero-order chi connectivity index (χ0) is 21.2. The Bertz CT molecular complexity index is 897. The third-order valence-corrected chi connectivity index (χ3v) is 5.01. The molecule has 1 amide bonds. The molecule has 0 aromatic heterocycles. The Morgan fingerprint density at radius 3 is 2.52 bits per heavy atom. The van der Waals surface area contributed by atoms with Gasteiger partial charge in [0.25, 0.3) is 5.91 Å². The van der Waals surface area contributed by atoms with Gasteiger partial charge in [-0.25, -0.2) is 4.39 Å². The summed E-state index contributed by atoms with van der Waals surface area (Å²) in [7, 11) is 1.94. The molecule has 1 heterocycles. The number of likely N-dealkylation sites (tertiary alicyclic amines) is 1. The van der Waals surface area contributed by atoms with Crippen LogP contribution in [0, 0.1) is 5.82 Å². The summed E-state index contributed by atoms with van der Waals surface area (Å²) in [5.41, 5.74) is -1.65. The normalized spacial score (nSPS) is 15.9. The molecule has 0 aliphatic carbocycles. The van der Waals surface area contributed by atoms with E-state index in [1.165, 1.54) is 12.1 Å². The molecule has 1 N–H and O–H groups in total. The van der Waals surface area contributed by atoms with E-state index in [9.17, 15) is 22.4 Å². The maximum atomic E-state index is 13.8. The number of benzene rings is 2. The molecule has 9 heteroatoms. The molecular weight excluding hydrogens is 412 g/mol. The Labute approximate surface area is 170 Å². The first kappa shape index (κ1) is 21.4.